The highest BCUT2D eigenvalue weighted by Gasteiger charge is 2.14. The van der Waals surface area contributed by atoms with E-state index in [1.54, 1.807) is 0 Å². The number of carbonyl (C=O) groups is 1. The minimum atomic E-state index is -1.01. The summed E-state index contributed by atoms with van der Waals surface area (Å²) in [4.78, 5) is 40.2. The topological polar surface area (TPSA) is 105 Å². The Balaban J connectivity index is 1.47. The van der Waals surface area contributed by atoms with Crippen molar-refractivity contribution in [1.29, 1.82) is 0 Å². The average molecular weight is 494 g/mol. The molecule has 0 saturated heterocycles. The minimum absolute atomic E-state index is 0.0571. The molecule has 0 atom stereocenters. The Bertz CT molecular complexity index is 1460. The number of likely N-dealkylation sites (N-methyl/N-ethyl adjacent to an activating group) is 1. The molecule has 186 valence electrons. The van der Waals surface area contributed by atoms with E-state index in [9.17, 15) is 18.4 Å². The third-order valence-corrected chi connectivity index (χ3v) is 5.49. The van der Waals surface area contributed by atoms with Crippen LogP contribution in [0.15, 0.2) is 60.0 Å². The number of hydrogen-bond acceptors (Lipinski definition) is 7. The van der Waals surface area contributed by atoms with Crippen LogP contribution in [-0.2, 0) is 13.1 Å². The van der Waals surface area contributed by atoms with Gasteiger partial charge in [-0.15, -0.1) is 0 Å². The van der Waals surface area contributed by atoms with Crippen LogP contribution in [0.5, 0.6) is 0 Å². The highest BCUT2D eigenvalue weighted by molar-refractivity contribution is 5.93. The molecule has 0 spiro atoms. The third-order valence-electron chi connectivity index (χ3n) is 5.49. The molecule has 0 aliphatic carbocycles. The van der Waals surface area contributed by atoms with Crippen LogP contribution in [0.1, 0.15) is 21.5 Å². The fraction of sp³-hybridized carbons (Fsp3) is 0.240. The SMILES string of the molecule is CN(C)CCNc1ncnc2ccc(CNC(=O)c3cncn(Cc4ccc(F)c(F)c4)c3=O)cc12. The Labute approximate surface area is 205 Å². The van der Waals surface area contributed by atoms with Crippen molar-refractivity contribution in [2.45, 2.75) is 13.1 Å². The quantitative estimate of drug-likeness (QED) is 0.369. The molecule has 0 radical (unpaired) electrons. The molecule has 0 saturated carbocycles. The van der Waals surface area contributed by atoms with E-state index >= 15 is 0 Å². The lowest BCUT2D eigenvalue weighted by Crippen LogP contribution is -2.33. The zero-order chi connectivity index (χ0) is 25.7. The van der Waals surface area contributed by atoms with Gasteiger partial charge in [-0.05, 0) is 49.5 Å². The largest absolute Gasteiger partial charge is 0.368 e. The third kappa shape index (κ3) is 5.87. The molecule has 11 heteroatoms. The van der Waals surface area contributed by atoms with E-state index < -0.39 is 23.1 Å². The number of halogens is 2. The van der Waals surface area contributed by atoms with Gasteiger partial charge in [0.15, 0.2) is 11.6 Å². The summed E-state index contributed by atoms with van der Waals surface area (Å²) >= 11 is 0. The molecule has 0 aliphatic rings. The van der Waals surface area contributed by atoms with Gasteiger partial charge < -0.3 is 15.5 Å². The lowest BCUT2D eigenvalue weighted by atomic mass is 10.1. The first-order valence-corrected chi connectivity index (χ1v) is 11.2. The van der Waals surface area contributed by atoms with Crippen LogP contribution >= 0.6 is 0 Å². The van der Waals surface area contributed by atoms with Gasteiger partial charge in [-0.2, -0.15) is 0 Å². The highest BCUT2D eigenvalue weighted by Crippen LogP contribution is 2.20. The first-order valence-electron chi connectivity index (χ1n) is 11.2. The summed E-state index contributed by atoms with van der Waals surface area (Å²) < 4.78 is 27.9. The van der Waals surface area contributed by atoms with Crippen molar-refractivity contribution in [2.24, 2.45) is 0 Å². The highest BCUT2D eigenvalue weighted by atomic mass is 19.2. The van der Waals surface area contributed by atoms with Crippen molar-refractivity contribution in [3.05, 3.63) is 93.9 Å². The fourth-order valence-corrected chi connectivity index (χ4v) is 3.58. The van der Waals surface area contributed by atoms with Crippen molar-refractivity contribution in [2.75, 3.05) is 32.5 Å². The Morgan fingerprint density at radius 2 is 1.86 bits per heavy atom. The Hall–Kier alpha value is -4.25. The van der Waals surface area contributed by atoms with Crippen molar-refractivity contribution < 1.29 is 13.6 Å². The van der Waals surface area contributed by atoms with E-state index in [1.165, 1.54) is 29.5 Å². The monoisotopic (exact) mass is 493 g/mol. The normalized spacial score (nSPS) is 11.1. The van der Waals surface area contributed by atoms with Crippen LogP contribution in [0.25, 0.3) is 10.9 Å². The number of benzene rings is 2. The number of nitrogens with one attached hydrogen (secondary N) is 2. The van der Waals surface area contributed by atoms with E-state index in [0.29, 0.717) is 17.9 Å². The van der Waals surface area contributed by atoms with E-state index in [2.05, 4.69) is 30.5 Å². The summed E-state index contributed by atoms with van der Waals surface area (Å²) in [7, 11) is 3.97. The van der Waals surface area contributed by atoms with Crippen LogP contribution in [0, 0.1) is 11.6 Å². The number of nitrogens with zero attached hydrogens (tertiary/aromatic N) is 5. The Kier molecular flexibility index (Phi) is 7.59. The molecule has 36 heavy (non-hydrogen) atoms. The summed E-state index contributed by atoms with van der Waals surface area (Å²) in [6.07, 6.45) is 3.92. The molecule has 2 aromatic heterocycles. The summed E-state index contributed by atoms with van der Waals surface area (Å²) in [6, 6.07) is 8.92. The van der Waals surface area contributed by atoms with Gasteiger partial charge >= 0.3 is 0 Å². The lowest BCUT2D eigenvalue weighted by Gasteiger charge is -2.13. The van der Waals surface area contributed by atoms with Crippen LogP contribution < -0.4 is 16.2 Å². The van der Waals surface area contributed by atoms with Crippen molar-refractivity contribution >= 4 is 22.6 Å². The molecule has 0 bridgehead atoms. The summed E-state index contributed by atoms with van der Waals surface area (Å²) in [5.74, 6) is -1.89. The van der Waals surface area contributed by atoms with Crippen molar-refractivity contribution in [1.82, 2.24) is 29.7 Å². The second kappa shape index (κ2) is 11.0. The second-order valence-corrected chi connectivity index (χ2v) is 8.48. The van der Waals surface area contributed by atoms with Gasteiger partial charge in [-0.3, -0.25) is 14.2 Å². The van der Waals surface area contributed by atoms with Gasteiger partial charge in [0.25, 0.3) is 11.5 Å². The Morgan fingerprint density at radius 3 is 2.64 bits per heavy atom. The zero-order valence-corrected chi connectivity index (χ0v) is 19.8. The van der Waals surface area contributed by atoms with Gasteiger partial charge in [-0.1, -0.05) is 12.1 Å². The molecule has 2 aromatic carbocycles. The molecule has 4 aromatic rings. The maximum atomic E-state index is 13.5. The first-order chi connectivity index (χ1) is 17.3. The summed E-state index contributed by atoms with van der Waals surface area (Å²) in [5, 5.41) is 6.85. The van der Waals surface area contributed by atoms with Crippen LogP contribution in [0.3, 0.4) is 0 Å². The maximum Gasteiger partial charge on any atom is 0.266 e. The Morgan fingerprint density at radius 1 is 1.06 bits per heavy atom. The van der Waals surface area contributed by atoms with E-state index in [1.807, 2.05) is 32.3 Å². The van der Waals surface area contributed by atoms with Gasteiger partial charge in [0, 0.05) is 31.2 Å². The fourth-order valence-electron chi connectivity index (χ4n) is 3.58. The van der Waals surface area contributed by atoms with Crippen molar-refractivity contribution in [3.63, 3.8) is 0 Å². The van der Waals surface area contributed by atoms with E-state index in [0.717, 1.165) is 35.1 Å². The van der Waals surface area contributed by atoms with Crippen LogP contribution in [0.4, 0.5) is 14.6 Å². The second-order valence-electron chi connectivity index (χ2n) is 8.48. The van der Waals surface area contributed by atoms with Gasteiger partial charge in [0.2, 0.25) is 0 Å². The van der Waals surface area contributed by atoms with E-state index in [-0.39, 0.29) is 18.7 Å². The predicted octanol–water partition coefficient (Wildman–Crippen LogP) is 2.42. The number of fused-ring (bicyclic) bond motifs is 1. The van der Waals surface area contributed by atoms with Gasteiger partial charge in [-0.25, -0.2) is 23.7 Å². The maximum absolute atomic E-state index is 13.5. The number of hydrogen-bond donors (Lipinski definition) is 2. The smallest absolute Gasteiger partial charge is 0.266 e. The van der Waals surface area contributed by atoms with Gasteiger partial charge in [0.1, 0.15) is 17.7 Å². The number of aromatic nitrogens is 4. The molecule has 1 amide bonds. The molecular formula is C25H25F2N7O2. The molecule has 2 heterocycles. The van der Waals surface area contributed by atoms with Crippen molar-refractivity contribution in [3.8, 4) is 0 Å². The van der Waals surface area contributed by atoms with Crippen LogP contribution in [-0.4, -0.2) is 57.5 Å². The standard InChI is InChI=1S/C25H25F2N7O2/c1-33(2)8-7-29-23-18-9-16(4-6-22(18)31-14-32-23)11-30-24(35)19-12-28-15-34(25(19)36)13-17-3-5-20(26)21(27)10-17/h3-6,9-10,12,14-15H,7-8,11,13H2,1-2H3,(H,30,35)(H,29,31,32). The molecule has 0 aliphatic heterocycles. The molecule has 2 N–H and O–H groups in total. The predicted molar refractivity (Wildman–Crippen MR) is 132 cm³/mol. The molecule has 0 unspecified atom stereocenters. The minimum Gasteiger partial charge on any atom is -0.368 e. The number of amides is 1. The number of carbonyl (C=O) groups excluding carboxylic acids is 1. The molecule has 9 nitrogen and oxygen atoms in total. The molecular weight excluding hydrogens is 468 g/mol. The first kappa shape index (κ1) is 24.9. The summed E-state index contributed by atoms with van der Waals surface area (Å²) in [6.45, 7) is 1.65. The number of anilines is 1. The molecule has 0 fully saturated rings. The summed E-state index contributed by atoms with van der Waals surface area (Å²) in [5.41, 5.74) is 1.18. The molecule has 4 rings (SSSR count). The average Bonchev–Trinajstić information content (AvgIpc) is 2.86. The lowest BCUT2D eigenvalue weighted by molar-refractivity contribution is 0.0948. The van der Waals surface area contributed by atoms with E-state index in [4.69, 9.17) is 0 Å². The zero-order valence-electron chi connectivity index (χ0n) is 19.8. The van der Waals surface area contributed by atoms with Gasteiger partial charge in [0.05, 0.1) is 18.4 Å². The van der Waals surface area contributed by atoms with Crippen LogP contribution in [0.2, 0.25) is 0 Å². The number of rotatable bonds is 9.